The third kappa shape index (κ3) is 3.24. The first-order chi connectivity index (χ1) is 14.1. The van der Waals surface area contributed by atoms with E-state index in [1.807, 2.05) is 14.1 Å². The van der Waals surface area contributed by atoms with Crippen molar-refractivity contribution in [1.29, 1.82) is 0 Å². The summed E-state index contributed by atoms with van der Waals surface area (Å²) in [5.41, 5.74) is -0.252. The van der Waals surface area contributed by atoms with Gasteiger partial charge in [0.05, 0.1) is 17.4 Å². The minimum atomic E-state index is -3.52. The van der Waals surface area contributed by atoms with E-state index in [4.69, 9.17) is 4.74 Å². The maximum absolute atomic E-state index is 13.2. The smallest absolute Gasteiger partial charge is 0.243 e. The van der Waals surface area contributed by atoms with Crippen molar-refractivity contribution in [1.82, 2.24) is 14.1 Å². The zero-order valence-corrected chi connectivity index (χ0v) is 19.2. The second kappa shape index (κ2) is 7.50. The lowest BCUT2D eigenvalue weighted by atomic mass is 9.66. The summed E-state index contributed by atoms with van der Waals surface area (Å²) in [7, 11) is 3.84. The van der Waals surface area contributed by atoms with Crippen molar-refractivity contribution in [3.8, 4) is 5.75 Å². The lowest BCUT2D eigenvalue weighted by molar-refractivity contribution is -0.141. The molecule has 0 aromatic heterocycles. The Hall–Kier alpha value is -1.64. The van der Waals surface area contributed by atoms with Gasteiger partial charge in [-0.25, -0.2) is 8.42 Å². The van der Waals surface area contributed by atoms with E-state index in [0.29, 0.717) is 29.7 Å². The highest BCUT2D eigenvalue weighted by Crippen LogP contribution is 2.62. The van der Waals surface area contributed by atoms with Crippen LogP contribution in [0.2, 0.25) is 0 Å². The second-order valence-corrected chi connectivity index (χ2v) is 11.5. The molecule has 7 nitrogen and oxygen atoms in total. The number of fused-ring (bicyclic) bond motifs is 2. The molecule has 0 radical (unpaired) electrons. The molecule has 3 aliphatic rings. The fourth-order valence-electron chi connectivity index (χ4n) is 6.26. The van der Waals surface area contributed by atoms with Crippen LogP contribution in [-0.4, -0.2) is 82.9 Å². The number of ether oxygens (including phenoxy) is 1. The Kier molecular flexibility index (Phi) is 5.39. The molecule has 166 valence electrons. The number of nitrogens with zero attached hydrogens (tertiary/aromatic N) is 3. The van der Waals surface area contributed by atoms with Gasteiger partial charge in [-0.3, -0.25) is 4.79 Å². The van der Waals surface area contributed by atoms with E-state index in [9.17, 15) is 13.2 Å². The van der Waals surface area contributed by atoms with Crippen LogP contribution in [0, 0.1) is 16.7 Å². The highest BCUT2D eigenvalue weighted by Gasteiger charge is 2.64. The number of likely N-dealkylation sites (tertiary alicyclic amines) is 1. The van der Waals surface area contributed by atoms with Gasteiger partial charge in [0.2, 0.25) is 15.9 Å². The van der Waals surface area contributed by atoms with E-state index in [-0.39, 0.29) is 16.7 Å². The SMILES string of the molecule is COc1ccc(S(=O)(=O)N2CCC3(CC2)CC[C@@]2(C(=O)N(C)C)CN(C)C[C@@H]32)cc1. The Morgan fingerprint density at radius 1 is 1.10 bits per heavy atom. The quantitative estimate of drug-likeness (QED) is 0.723. The van der Waals surface area contributed by atoms with E-state index in [1.165, 1.54) is 0 Å². The first-order valence-electron chi connectivity index (χ1n) is 10.7. The summed E-state index contributed by atoms with van der Waals surface area (Å²) in [5.74, 6) is 1.18. The van der Waals surface area contributed by atoms with Gasteiger partial charge in [0, 0.05) is 40.3 Å². The molecule has 1 aromatic carbocycles. The lowest BCUT2D eigenvalue weighted by Crippen LogP contribution is -2.49. The second-order valence-electron chi connectivity index (χ2n) is 9.55. The molecule has 2 aliphatic heterocycles. The third-order valence-electron chi connectivity index (χ3n) is 7.77. The van der Waals surface area contributed by atoms with E-state index in [1.54, 1.807) is 40.6 Å². The summed E-state index contributed by atoms with van der Waals surface area (Å²) in [6.07, 6.45) is 3.57. The van der Waals surface area contributed by atoms with Crippen LogP contribution in [0.15, 0.2) is 29.2 Å². The molecular weight excluding hydrogens is 402 g/mol. The Bertz CT molecular complexity index is 907. The molecule has 3 fully saturated rings. The van der Waals surface area contributed by atoms with Crippen LogP contribution in [0.1, 0.15) is 25.7 Å². The van der Waals surface area contributed by atoms with Gasteiger partial charge < -0.3 is 14.5 Å². The Morgan fingerprint density at radius 2 is 1.73 bits per heavy atom. The van der Waals surface area contributed by atoms with Crippen LogP contribution in [-0.2, 0) is 14.8 Å². The van der Waals surface area contributed by atoms with Crippen LogP contribution in [0.5, 0.6) is 5.75 Å². The average molecular weight is 436 g/mol. The maximum atomic E-state index is 13.2. The largest absolute Gasteiger partial charge is 0.497 e. The summed E-state index contributed by atoms with van der Waals surface area (Å²) in [6.45, 7) is 2.76. The molecule has 30 heavy (non-hydrogen) atoms. The molecular formula is C22H33N3O4S. The lowest BCUT2D eigenvalue weighted by Gasteiger charge is -2.44. The third-order valence-corrected chi connectivity index (χ3v) is 9.68. The fourth-order valence-corrected chi connectivity index (χ4v) is 7.70. The van der Waals surface area contributed by atoms with Crippen LogP contribution < -0.4 is 4.74 Å². The van der Waals surface area contributed by atoms with Crippen LogP contribution >= 0.6 is 0 Å². The van der Waals surface area contributed by atoms with Gasteiger partial charge in [0.25, 0.3) is 0 Å². The Balaban J connectivity index is 1.53. The van der Waals surface area contributed by atoms with E-state index >= 15 is 0 Å². The van der Waals surface area contributed by atoms with Crippen molar-refractivity contribution < 1.29 is 17.9 Å². The molecule has 1 spiro atoms. The summed E-state index contributed by atoms with van der Waals surface area (Å²) >= 11 is 0. The van der Waals surface area contributed by atoms with Gasteiger partial charge in [0.1, 0.15) is 5.75 Å². The Morgan fingerprint density at radius 3 is 2.30 bits per heavy atom. The highest BCUT2D eigenvalue weighted by atomic mass is 32.2. The molecule has 1 saturated carbocycles. The first-order valence-corrected chi connectivity index (χ1v) is 12.1. The predicted octanol–water partition coefficient (Wildman–Crippen LogP) is 1.90. The van der Waals surface area contributed by atoms with Crippen molar-refractivity contribution in [2.24, 2.45) is 16.7 Å². The van der Waals surface area contributed by atoms with Gasteiger partial charge in [0.15, 0.2) is 0 Å². The van der Waals surface area contributed by atoms with Crippen LogP contribution in [0.4, 0.5) is 0 Å². The van der Waals surface area contributed by atoms with Crippen molar-refractivity contribution in [2.75, 3.05) is 54.4 Å². The molecule has 1 amide bonds. The maximum Gasteiger partial charge on any atom is 0.243 e. The van der Waals surface area contributed by atoms with E-state index < -0.39 is 10.0 Å². The van der Waals surface area contributed by atoms with Crippen molar-refractivity contribution in [3.63, 3.8) is 0 Å². The molecule has 2 atom stereocenters. The summed E-state index contributed by atoms with van der Waals surface area (Å²) in [4.78, 5) is 17.5. The highest BCUT2D eigenvalue weighted by molar-refractivity contribution is 7.89. The summed E-state index contributed by atoms with van der Waals surface area (Å²) in [6, 6.07) is 6.59. The Labute approximate surface area is 180 Å². The molecule has 0 bridgehead atoms. The zero-order chi connectivity index (χ0) is 21.7. The number of hydrogen-bond donors (Lipinski definition) is 0. The van der Waals surface area contributed by atoms with Crippen LogP contribution in [0.25, 0.3) is 0 Å². The minimum Gasteiger partial charge on any atom is -0.497 e. The van der Waals surface area contributed by atoms with Gasteiger partial charge in [-0.2, -0.15) is 4.31 Å². The number of sulfonamides is 1. The van der Waals surface area contributed by atoms with Crippen molar-refractivity contribution in [3.05, 3.63) is 24.3 Å². The number of carbonyl (C=O) groups is 1. The van der Waals surface area contributed by atoms with Crippen molar-refractivity contribution in [2.45, 2.75) is 30.6 Å². The first kappa shape index (κ1) is 21.6. The number of amides is 1. The molecule has 8 heteroatoms. The van der Waals surface area contributed by atoms with E-state index in [2.05, 4.69) is 11.9 Å². The molecule has 2 saturated heterocycles. The number of carbonyl (C=O) groups excluding carboxylic acids is 1. The number of benzene rings is 1. The van der Waals surface area contributed by atoms with Gasteiger partial charge in [-0.05, 0) is 68.3 Å². The number of piperidine rings is 1. The number of hydrogen-bond acceptors (Lipinski definition) is 5. The van der Waals surface area contributed by atoms with Crippen molar-refractivity contribution >= 4 is 15.9 Å². The average Bonchev–Trinajstić information content (AvgIpc) is 3.22. The molecule has 0 N–H and O–H groups in total. The summed E-state index contributed by atoms with van der Waals surface area (Å²) < 4.78 is 33.1. The van der Waals surface area contributed by atoms with Gasteiger partial charge in [-0.15, -0.1) is 0 Å². The monoisotopic (exact) mass is 435 g/mol. The molecule has 0 unspecified atom stereocenters. The van der Waals surface area contributed by atoms with E-state index in [0.717, 1.165) is 38.8 Å². The summed E-state index contributed by atoms with van der Waals surface area (Å²) in [5, 5.41) is 0. The molecule has 2 heterocycles. The zero-order valence-electron chi connectivity index (χ0n) is 18.4. The minimum absolute atomic E-state index is 0.0579. The molecule has 1 aliphatic carbocycles. The topological polar surface area (TPSA) is 70.2 Å². The predicted molar refractivity (Wildman–Crippen MR) is 115 cm³/mol. The van der Waals surface area contributed by atoms with Gasteiger partial charge >= 0.3 is 0 Å². The molecule has 1 aromatic rings. The molecule has 4 rings (SSSR count). The van der Waals surface area contributed by atoms with Crippen LogP contribution in [0.3, 0.4) is 0 Å². The standard InChI is InChI=1S/C22H33N3O4S/c1-23(2)20(26)22-10-9-21(19(22)15-24(3)16-22)11-13-25(14-12-21)30(27,28)18-7-5-17(29-4)6-8-18/h5-8,19H,9-16H2,1-4H3/t19-,22+/m0/s1. The van der Waals surface area contributed by atoms with Gasteiger partial charge in [-0.1, -0.05) is 0 Å². The number of methoxy groups -OCH3 is 1. The normalized spacial score (nSPS) is 29.1. The fraction of sp³-hybridized carbons (Fsp3) is 0.682. The number of rotatable bonds is 4.